The average Bonchev–Trinajstić information content (AvgIpc) is 2.39. The molecule has 0 saturated carbocycles. The Bertz CT molecular complexity index is 480. The maximum atomic E-state index is 12.1. The Morgan fingerprint density at radius 1 is 1.45 bits per heavy atom. The Morgan fingerprint density at radius 3 is 2.77 bits per heavy atom. The first kappa shape index (κ1) is 21.3. The number of ether oxygens (including phenoxy) is 1. The summed E-state index contributed by atoms with van der Waals surface area (Å²) in [5.74, 6) is -0.0657. The molecule has 22 heavy (non-hydrogen) atoms. The highest BCUT2D eigenvalue weighted by Gasteiger charge is 2.18. The van der Waals surface area contributed by atoms with Crippen molar-refractivity contribution in [2.45, 2.75) is 12.5 Å². The largest absolute Gasteiger partial charge is 0.375 e. The fourth-order valence-electron chi connectivity index (χ4n) is 2.23. The molecule has 1 atom stereocenters. The minimum atomic E-state index is -0.0657. The second-order valence-corrected chi connectivity index (χ2v) is 5.39. The predicted molar refractivity (Wildman–Crippen MR) is 96.1 cm³/mol. The zero-order valence-electron chi connectivity index (χ0n) is 12.6. The molecule has 2 rings (SSSR count). The van der Waals surface area contributed by atoms with Crippen LogP contribution < -0.4 is 15.5 Å². The second-order valence-electron chi connectivity index (χ2n) is 4.98. The molecule has 1 aromatic carbocycles. The molecule has 1 saturated heterocycles. The van der Waals surface area contributed by atoms with Gasteiger partial charge in [-0.25, -0.2) is 0 Å². The van der Waals surface area contributed by atoms with Crippen LogP contribution in [0.25, 0.3) is 0 Å². The minimum absolute atomic E-state index is 0. The molecule has 0 radical (unpaired) electrons. The van der Waals surface area contributed by atoms with Gasteiger partial charge in [-0.2, -0.15) is 0 Å². The number of benzene rings is 1. The van der Waals surface area contributed by atoms with Crippen molar-refractivity contribution in [1.82, 2.24) is 5.32 Å². The summed E-state index contributed by atoms with van der Waals surface area (Å²) in [6.45, 7) is 2.21. The summed E-state index contributed by atoms with van der Waals surface area (Å²) in [7, 11) is 3.79. The van der Waals surface area contributed by atoms with Crippen LogP contribution in [0.3, 0.4) is 0 Å². The van der Waals surface area contributed by atoms with Crippen molar-refractivity contribution >= 4 is 53.7 Å². The van der Waals surface area contributed by atoms with Crippen molar-refractivity contribution in [2.24, 2.45) is 0 Å². The lowest BCUT2D eigenvalue weighted by atomic mass is 10.2. The van der Waals surface area contributed by atoms with Crippen molar-refractivity contribution in [3.05, 3.63) is 23.2 Å². The van der Waals surface area contributed by atoms with Crippen molar-refractivity contribution in [3.8, 4) is 0 Å². The maximum absolute atomic E-state index is 12.1. The van der Waals surface area contributed by atoms with E-state index in [9.17, 15) is 4.79 Å². The fraction of sp³-hybridized carbons (Fsp3) is 0.500. The first-order valence-electron chi connectivity index (χ1n) is 6.66. The van der Waals surface area contributed by atoms with Gasteiger partial charge in [0.2, 0.25) is 5.91 Å². The molecule has 126 valence electrons. The Labute approximate surface area is 148 Å². The quantitative estimate of drug-likeness (QED) is 0.855. The van der Waals surface area contributed by atoms with Crippen LogP contribution in [0.5, 0.6) is 0 Å². The molecule has 0 bridgehead atoms. The van der Waals surface area contributed by atoms with Crippen LogP contribution >= 0.6 is 36.4 Å². The predicted octanol–water partition coefficient (Wildman–Crippen LogP) is 2.57. The monoisotopic (exact) mass is 369 g/mol. The van der Waals surface area contributed by atoms with Crippen molar-refractivity contribution in [1.29, 1.82) is 0 Å². The number of morpholine rings is 1. The molecule has 0 aromatic heterocycles. The minimum Gasteiger partial charge on any atom is -0.375 e. The molecule has 1 amide bonds. The first-order valence-corrected chi connectivity index (χ1v) is 7.03. The van der Waals surface area contributed by atoms with Gasteiger partial charge in [0, 0.05) is 27.2 Å². The molecule has 2 N–H and O–H groups in total. The average molecular weight is 371 g/mol. The Kier molecular flexibility index (Phi) is 9.80. The zero-order valence-corrected chi connectivity index (χ0v) is 15.0. The molecule has 1 heterocycles. The SMILES string of the molecule is CN(C)c1c(Cl)cccc1NC(=O)CC1CNCCO1.Cl.Cl. The highest BCUT2D eigenvalue weighted by atomic mass is 35.5. The van der Waals surface area contributed by atoms with E-state index in [-0.39, 0.29) is 36.8 Å². The van der Waals surface area contributed by atoms with Crippen molar-refractivity contribution in [2.75, 3.05) is 44.0 Å². The summed E-state index contributed by atoms with van der Waals surface area (Å²) in [4.78, 5) is 14.0. The van der Waals surface area contributed by atoms with Crippen LogP contribution in [0.15, 0.2) is 18.2 Å². The second kappa shape index (κ2) is 10.1. The number of carbonyl (C=O) groups is 1. The van der Waals surface area contributed by atoms with Crippen molar-refractivity contribution < 1.29 is 9.53 Å². The normalized spacial score (nSPS) is 17.0. The van der Waals surface area contributed by atoms with Gasteiger partial charge >= 0.3 is 0 Å². The number of hydrogen-bond acceptors (Lipinski definition) is 4. The zero-order chi connectivity index (χ0) is 14.5. The number of rotatable bonds is 4. The summed E-state index contributed by atoms with van der Waals surface area (Å²) >= 11 is 6.17. The van der Waals surface area contributed by atoms with Gasteiger partial charge in [0.15, 0.2) is 0 Å². The van der Waals surface area contributed by atoms with E-state index in [0.717, 1.165) is 17.9 Å². The number of carbonyl (C=O) groups excluding carboxylic acids is 1. The molecule has 8 heteroatoms. The third kappa shape index (κ3) is 5.82. The van der Waals surface area contributed by atoms with Crippen LogP contribution in [0.2, 0.25) is 5.02 Å². The maximum Gasteiger partial charge on any atom is 0.227 e. The van der Waals surface area contributed by atoms with Gasteiger partial charge in [-0.15, -0.1) is 24.8 Å². The number of nitrogens with zero attached hydrogens (tertiary/aromatic N) is 1. The van der Waals surface area contributed by atoms with Gasteiger partial charge in [-0.05, 0) is 12.1 Å². The third-order valence-electron chi connectivity index (χ3n) is 3.13. The molecule has 1 fully saturated rings. The third-order valence-corrected chi connectivity index (χ3v) is 3.43. The summed E-state index contributed by atoms with van der Waals surface area (Å²) in [5.41, 5.74) is 1.53. The van der Waals surface area contributed by atoms with E-state index in [0.29, 0.717) is 24.6 Å². The standard InChI is InChI=1S/C14H20ClN3O2.2ClH/c1-18(2)14-11(15)4-3-5-12(14)17-13(19)8-10-9-16-6-7-20-10;;/h3-5,10,16H,6-9H2,1-2H3,(H,17,19);2*1H. The Morgan fingerprint density at radius 2 is 2.18 bits per heavy atom. The van der Waals surface area contributed by atoms with Crippen LogP contribution in [0, 0.1) is 0 Å². The van der Waals surface area contributed by atoms with Crippen LogP contribution in [0.1, 0.15) is 6.42 Å². The molecule has 1 aromatic rings. The van der Waals surface area contributed by atoms with Crippen LogP contribution in [0.4, 0.5) is 11.4 Å². The highest BCUT2D eigenvalue weighted by molar-refractivity contribution is 6.34. The van der Waals surface area contributed by atoms with E-state index in [4.69, 9.17) is 16.3 Å². The smallest absolute Gasteiger partial charge is 0.227 e. The number of amides is 1. The van der Waals surface area contributed by atoms with E-state index in [2.05, 4.69) is 10.6 Å². The Hall–Kier alpha value is -0.720. The van der Waals surface area contributed by atoms with E-state index < -0.39 is 0 Å². The molecule has 1 unspecified atom stereocenters. The number of nitrogens with one attached hydrogen (secondary N) is 2. The molecule has 1 aliphatic rings. The molecule has 0 spiro atoms. The van der Waals surface area contributed by atoms with E-state index >= 15 is 0 Å². The first-order chi connectivity index (χ1) is 9.58. The molecular formula is C14H22Cl3N3O2. The lowest BCUT2D eigenvalue weighted by Gasteiger charge is -2.24. The number of hydrogen-bond donors (Lipinski definition) is 2. The van der Waals surface area contributed by atoms with E-state index in [1.807, 2.05) is 31.1 Å². The van der Waals surface area contributed by atoms with Gasteiger partial charge in [0.05, 0.1) is 35.5 Å². The molecule has 1 aliphatic heterocycles. The summed E-state index contributed by atoms with van der Waals surface area (Å²) in [5, 5.41) is 6.73. The van der Waals surface area contributed by atoms with E-state index in [1.54, 1.807) is 6.07 Å². The number of halogens is 3. The fourth-order valence-corrected chi connectivity index (χ4v) is 2.57. The van der Waals surface area contributed by atoms with Gasteiger partial charge in [0.1, 0.15) is 0 Å². The highest BCUT2D eigenvalue weighted by Crippen LogP contribution is 2.32. The molecule has 5 nitrogen and oxygen atoms in total. The van der Waals surface area contributed by atoms with Gasteiger partial charge in [0.25, 0.3) is 0 Å². The van der Waals surface area contributed by atoms with E-state index in [1.165, 1.54) is 0 Å². The summed E-state index contributed by atoms with van der Waals surface area (Å²) in [6.07, 6.45) is 0.276. The molecular weight excluding hydrogens is 349 g/mol. The lowest BCUT2D eigenvalue weighted by Crippen LogP contribution is -2.40. The lowest BCUT2D eigenvalue weighted by molar-refractivity contribution is -0.119. The van der Waals surface area contributed by atoms with Crippen molar-refractivity contribution in [3.63, 3.8) is 0 Å². The van der Waals surface area contributed by atoms with Gasteiger partial charge in [-0.1, -0.05) is 17.7 Å². The summed E-state index contributed by atoms with van der Waals surface area (Å²) < 4.78 is 5.53. The van der Waals surface area contributed by atoms with Gasteiger partial charge in [-0.3, -0.25) is 4.79 Å². The number of para-hydroxylation sites is 1. The van der Waals surface area contributed by atoms with Gasteiger partial charge < -0.3 is 20.3 Å². The topological polar surface area (TPSA) is 53.6 Å². The number of anilines is 2. The van der Waals surface area contributed by atoms with Crippen LogP contribution in [-0.2, 0) is 9.53 Å². The Balaban J connectivity index is 0.00000220. The van der Waals surface area contributed by atoms with Crippen LogP contribution in [-0.4, -0.2) is 45.8 Å². The molecule has 0 aliphatic carbocycles. The summed E-state index contributed by atoms with van der Waals surface area (Å²) in [6, 6.07) is 5.48.